The number of nitrogens with one attached hydrogen (secondary N) is 2. The van der Waals surface area contributed by atoms with Gasteiger partial charge < -0.3 is 21.9 Å². The molecule has 0 aliphatic rings. The largest absolute Gasteiger partial charge is 1.00 e. The van der Waals surface area contributed by atoms with Gasteiger partial charge in [-0.2, -0.15) is 0 Å². The maximum Gasteiger partial charge on any atom is 1.00 e. The molecule has 12 heteroatoms. The van der Waals surface area contributed by atoms with E-state index in [1.54, 1.807) is 13.0 Å². The number of hydrogen-bond donors (Lipinski definition) is 3. The molecule has 2 amide bonds. The van der Waals surface area contributed by atoms with Gasteiger partial charge in [-0.1, -0.05) is 0 Å². The van der Waals surface area contributed by atoms with E-state index in [0.29, 0.717) is 17.7 Å². The molecule has 0 heterocycles. The summed E-state index contributed by atoms with van der Waals surface area (Å²) < 4.78 is 6.44. The third kappa shape index (κ3) is 12.1. The Morgan fingerprint density at radius 3 is 1.53 bits per heavy atom. The second-order valence-electron chi connectivity index (χ2n) is 7.40. The minimum Gasteiger partial charge on any atom is -1.00 e. The molecule has 36 heavy (non-hydrogen) atoms. The molecule has 2 aromatic carbocycles. The topological polar surface area (TPSA) is 122 Å². The van der Waals surface area contributed by atoms with Crippen molar-refractivity contribution in [2.75, 3.05) is 19.7 Å². The minimum atomic E-state index is -1.05. The standard InChI is InChI=1S/C13H16INO3.C11H12INO3.B.Li.H/c1-4-18-12(16)7-15-13(17)10-5-8(2)9(3)6-11(10)14;1-6-3-8(9(12)4-7(6)2)11(16)13-5-10(14)15;;;/h5-6H,4,7H2,1-3H3,(H,15,17);3-4H,5H2,1-2H3,(H,13,16)(H,14,15);;;/q;;;+1;-1. The van der Waals surface area contributed by atoms with E-state index in [1.807, 2.05) is 45.9 Å². The van der Waals surface area contributed by atoms with Gasteiger partial charge in [0.1, 0.15) is 13.1 Å². The molecule has 3 N–H and O–H groups in total. The van der Waals surface area contributed by atoms with Crippen LogP contribution in [-0.4, -0.2) is 57.0 Å². The third-order valence-electron chi connectivity index (χ3n) is 4.75. The van der Waals surface area contributed by atoms with Crippen molar-refractivity contribution in [2.24, 2.45) is 0 Å². The average molecular weight is 713 g/mol. The van der Waals surface area contributed by atoms with Crippen molar-refractivity contribution in [1.82, 2.24) is 10.6 Å². The van der Waals surface area contributed by atoms with Crippen LogP contribution < -0.4 is 29.5 Å². The van der Waals surface area contributed by atoms with Crippen LogP contribution in [0.25, 0.3) is 0 Å². The second kappa shape index (κ2) is 17.8. The van der Waals surface area contributed by atoms with Crippen molar-refractivity contribution < 1.29 is 49.3 Å². The van der Waals surface area contributed by atoms with Crippen molar-refractivity contribution in [1.29, 1.82) is 0 Å². The summed E-state index contributed by atoms with van der Waals surface area (Å²) in [5.41, 5.74) is 5.42. The second-order valence-corrected chi connectivity index (χ2v) is 9.72. The first-order valence-corrected chi connectivity index (χ1v) is 12.5. The van der Waals surface area contributed by atoms with E-state index >= 15 is 0 Å². The van der Waals surface area contributed by atoms with Gasteiger partial charge in [-0.3, -0.25) is 19.2 Å². The Kier molecular flexibility index (Phi) is 18.1. The fourth-order valence-electron chi connectivity index (χ4n) is 2.62. The molecule has 2 rings (SSSR count). The summed E-state index contributed by atoms with van der Waals surface area (Å²) in [6.45, 7) is 9.42. The number of hydrogen-bond acceptors (Lipinski definition) is 5. The first kappa shape index (κ1) is 36.6. The Labute approximate surface area is 254 Å². The number of aryl methyl sites for hydroxylation is 4. The number of aliphatic carboxylic acids is 1. The summed E-state index contributed by atoms with van der Waals surface area (Å²) in [5, 5.41) is 13.4. The molecule has 0 aromatic heterocycles. The molecule has 189 valence electrons. The molecule has 8 nitrogen and oxygen atoms in total. The Hall–Kier alpha value is -1.56. The normalized spacial score (nSPS) is 9.42. The number of halogens is 2. The van der Waals surface area contributed by atoms with E-state index < -0.39 is 11.9 Å². The predicted molar refractivity (Wildman–Crippen MR) is 153 cm³/mol. The SMILES string of the molecule is CCOC(=O)CNC(=O)c1cc(C)c(C)cc1I.Cc1cc(I)c(C(=O)NCC(=O)O)cc1C.[B].[H-].[Li+]. The molecule has 0 aliphatic heterocycles. The van der Waals surface area contributed by atoms with Crippen LogP contribution in [0.3, 0.4) is 0 Å². The first-order chi connectivity index (χ1) is 15.9. The molecule has 0 fully saturated rings. The molecule has 0 spiro atoms. The molecular formula is C24H29BI2LiN2O6. The Morgan fingerprint density at radius 2 is 1.17 bits per heavy atom. The smallest absolute Gasteiger partial charge is 1.00 e. The zero-order valence-corrected chi connectivity index (χ0v) is 25.6. The number of carbonyl (C=O) groups excluding carboxylic acids is 3. The quantitative estimate of drug-likeness (QED) is 0.221. The van der Waals surface area contributed by atoms with E-state index in [9.17, 15) is 19.2 Å². The van der Waals surface area contributed by atoms with Gasteiger partial charge in [0.25, 0.3) is 11.8 Å². The minimum absolute atomic E-state index is 0. The number of benzene rings is 2. The van der Waals surface area contributed by atoms with Gasteiger partial charge in [-0.25, -0.2) is 0 Å². The molecule has 0 unspecified atom stereocenters. The van der Waals surface area contributed by atoms with Crippen LogP contribution in [0.5, 0.6) is 0 Å². The number of ether oxygens (including phenoxy) is 1. The first-order valence-electron chi connectivity index (χ1n) is 10.3. The van der Waals surface area contributed by atoms with Gasteiger partial charge in [0, 0.05) is 15.6 Å². The van der Waals surface area contributed by atoms with Gasteiger partial charge in [0.05, 0.1) is 17.7 Å². The van der Waals surface area contributed by atoms with Crippen molar-refractivity contribution in [3.63, 3.8) is 0 Å². The summed E-state index contributed by atoms with van der Waals surface area (Å²) in [6.07, 6.45) is 0. The number of carbonyl (C=O) groups is 4. The molecule has 0 saturated heterocycles. The molecule has 0 saturated carbocycles. The Bertz CT molecular complexity index is 1110. The van der Waals surface area contributed by atoms with Crippen LogP contribution in [0.1, 0.15) is 51.3 Å². The molecule has 0 atom stereocenters. The van der Waals surface area contributed by atoms with Gasteiger partial charge in [-0.05, 0) is 126 Å². The van der Waals surface area contributed by atoms with Gasteiger partial charge >= 0.3 is 30.8 Å². The predicted octanol–water partition coefficient (Wildman–Crippen LogP) is 0.659. The molecule has 2 aromatic rings. The van der Waals surface area contributed by atoms with Crippen LogP contribution in [0.2, 0.25) is 0 Å². The van der Waals surface area contributed by atoms with E-state index in [1.165, 1.54) is 0 Å². The summed E-state index contributed by atoms with van der Waals surface area (Å²) >= 11 is 4.18. The maximum atomic E-state index is 11.9. The van der Waals surface area contributed by atoms with E-state index in [-0.39, 0.29) is 53.6 Å². The van der Waals surface area contributed by atoms with Crippen molar-refractivity contribution in [3.8, 4) is 0 Å². The number of carboxylic acid groups (broad SMARTS) is 1. The van der Waals surface area contributed by atoms with Crippen LogP contribution in [0.15, 0.2) is 24.3 Å². The third-order valence-corrected chi connectivity index (χ3v) is 6.54. The summed E-state index contributed by atoms with van der Waals surface area (Å²) in [5.74, 6) is -2.08. The van der Waals surface area contributed by atoms with Crippen molar-refractivity contribution in [3.05, 3.63) is 64.8 Å². The number of rotatable bonds is 7. The summed E-state index contributed by atoms with van der Waals surface area (Å²) in [7, 11) is 0. The van der Waals surface area contributed by atoms with Gasteiger partial charge in [-0.15, -0.1) is 0 Å². The summed E-state index contributed by atoms with van der Waals surface area (Å²) in [6, 6.07) is 7.46. The average Bonchev–Trinajstić information content (AvgIpc) is 2.76. The summed E-state index contributed by atoms with van der Waals surface area (Å²) in [4.78, 5) is 45.0. The van der Waals surface area contributed by atoms with E-state index in [0.717, 1.165) is 29.4 Å². The zero-order valence-electron chi connectivity index (χ0n) is 22.3. The molecule has 0 bridgehead atoms. The van der Waals surface area contributed by atoms with Crippen LogP contribution in [0, 0.1) is 34.8 Å². The number of esters is 1. The van der Waals surface area contributed by atoms with E-state index in [2.05, 4.69) is 55.8 Å². The van der Waals surface area contributed by atoms with E-state index in [4.69, 9.17) is 9.84 Å². The fourth-order valence-corrected chi connectivity index (χ4v) is 4.36. The number of carboxylic acids is 1. The molecule has 3 radical (unpaired) electrons. The molecular weight excluding hydrogens is 684 g/mol. The monoisotopic (exact) mass is 713 g/mol. The zero-order chi connectivity index (χ0) is 26.0. The number of amides is 2. The van der Waals surface area contributed by atoms with Crippen molar-refractivity contribution in [2.45, 2.75) is 34.6 Å². The van der Waals surface area contributed by atoms with Gasteiger partial charge in [0.15, 0.2) is 0 Å². The van der Waals surface area contributed by atoms with Crippen LogP contribution in [0.4, 0.5) is 0 Å². The Morgan fingerprint density at radius 1 is 0.806 bits per heavy atom. The Balaban J connectivity index is -0.000000581. The molecule has 0 aliphatic carbocycles. The maximum absolute atomic E-state index is 11.9. The van der Waals surface area contributed by atoms with Crippen molar-refractivity contribution >= 4 is 77.3 Å². The fraction of sp³-hybridized carbons (Fsp3) is 0.333. The van der Waals surface area contributed by atoms with Crippen LogP contribution >= 0.6 is 45.2 Å². The van der Waals surface area contributed by atoms with Gasteiger partial charge in [0.2, 0.25) is 0 Å². The van der Waals surface area contributed by atoms with Crippen LogP contribution in [-0.2, 0) is 14.3 Å².